The number of hydrogen-bond donors (Lipinski definition) is 2. The fourth-order valence-electron chi connectivity index (χ4n) is 3.05. The van der Waals surface area contributed by atoms with E-state index in [1.165, 1.54) is 0 Å². The van der Waals surface area contributed by atoms with E-state index in [0.717, 1.165) is 11.1 Å². The predicted octanol–water partition coefficient (Wildman–Crippen LogP) is 5.07. The van der Waals surface area contributed by atoms with Crippen LogP contribution in [0.5, 0.6) is 11.5 Å². The fourth-order valence-corrected chi connectivity index (χ4v) is 3.30. The lowest BCUT2D eigenvalue weighted by atomic mass is 10.1. The monoisotopic (exact) mass is 490 g/mol. The summed E-state index contributed by atoms with van der Waals surface area (Å²) in [6.07, 6.45) is 3.17. The normalized spacial score (nSPS) is 11.2. The van der Waals surface area contributed by atoms with E-state index >= 15 is 0 Å². The number of aromatic hydroxyl groups is 2. The molecular weight excluding hydrogens is 464 g/mol. The lowest BCUT2D eigenvalue weighted by Gasteiger charge is -2.14. The summed E-state index contributed by atoms with van der Waals surface area (Å²) in [6, 6.07) is 17.9. The Balaban J connectivity index is 1.83. The Morgan fingerprint density at radius 3 is 1.38 bits per heavy atom. The van der Waals surface area contributed by atoms with Crippen molar-refractivity contribution in [3.05, 3.63) is 82.9 Å². The van der Waals surface area contributed by atoms with Crippen molar-refractivity contribution in [3.8, 4) is 11.5 Å². The molecule has 0 aliphatic rings. The van der Waals surface area contributed by atoms with Crippen LogP contribution in [0.15, 0.2) is 70.6 Å². The second-order valence-corrected chi connectivity index (χ2v) is 8.72. The van der Waals surface area contributed by atoms with Crippen LogP contribution in [-0.4, -0.2) is 70.6 Å². The molecule has 3 aromatic carbocycles. The number of phenolic OH excluding ortho intramolecular Hbond substituents is 2. The summed E-state index contributed by atoms with van der Waals surface area (Å²) in [5.41, 5.74) is 3.89. The summed E-state index contributed by atoms with van der Waals surface area (Å²) in [5.74, 6) is 0.180. The van der Waals surface area contributed by atoms with Crippen molar-refractivity contribution in [2.75, 3.05) is 28.2 Å². The molecule has 0 saturated heterocycles. The highest BCUT2D eigenvalue weighted by atomic mass is 32.1. The Bertz CT molecular complexity index is 1190. The van der Waals surface area contributed by atoms with Gasteiger partial charge in [0.15, 0.2) is 0 Å². The number of hydrogen-bond acceptors (Lipinski definition) is 6. The summed E-state index contributed by atoms with van der Waals surface area (Å²) < 4.78 is 0. The van der Waals surface area contributed by atoms with Crippen LogP contribution in [0.1, 0.15) is 22.3 Å². The van der Waals surface area contributed by atoms with Gasteiger partial charge < -0.3 is 20.0 Å². The molecule has 0 saturated carbocycles. The SMILES string of the molecule is CN(C)C(=S)c1ccc(C=Nc2ccccc2N=Cc2ccc(C(=S)N(C)C)cc2O)c(O)c1. The van der Waals surface area contributed by atoms with E-state index in [0.29, 0.717) is 32.5 Å². The molecule has 0 spiro atoms. The second kappa shape index (κ2) is 11.0. The zero-order valence-electron chi connectivity index (χ0n) is 19.4. The lowest BCUT2D eigenvalue weighted by molar-refractivity contribution is 0.473. The summed E-state index contributed by atoms with van der Waals surface area (Å²) in [5, 5.41) is 20.8. The maximum absolute atomic E-state index is 10.4. The molecule has 0 heterocycles. The van der Waals surface area contributed by atoms with Gasteiger partial charge in [0.2, 0.25) is 0 Å². The van der Waals surface area contributed by atoms with Gasteiger partial charge in [-0.1, -0.05) is 48.7 Å². The largest absolute Gasteiger partial charge is 0.507 e. The molecule has 0 bridgehead atoms. The van der Waals surface area contributed by atoms with Gasteiger partial charge in [0.05, 0.1) is 11.4 Å². The first kappa shape index (κ1) is 25.0. The molecule has 2 N–H and O–H groups in total. The van der Waals surface area contributed by atoms with Crippen LogP contribution in [-0.2, 0) is 0 Å². The highest BCUT2D eigenvalue weighted by Gasteiger charge is 2.08. The minimum atomic E-state index is 0.0899. The molecule has 174 valence electrons. The number of rotatable bonds is 6. The quantitative estimate of drug-likeness (QED) is 0.371. The van der Waals surface area contributed by atoms with E-state index in [2.05, 4.69) is 9.98 Å². The average molecular weight is 491 g/mol. The van der Waals surface area contributed by atoms with Gasteiger partial charge in [-0.2, -0.15) is 0 Å². The molecule has 0 amide bonds. The van der Waals surface area contributed by atoms with E-state index in [1.54, 1.807) is 36.7 Å². The molecule has 0 aromatic heterocycles. The number of phenols is 2. The third-order valence-electron chi connectivity index (χ3n) is 4.93. The van der Waals surface area contributed by atoms with Crippen LogP contribution >= 0.6 is 24.4 Å². The Morgan fingerprint density at radius 1 is 0.676 bits per heavy atom. The first-order valence-corrected chi connectivity index (χ1v) is 11.3. The zero-order valence-corrected chi connectivity index (χ0v) is 21.1. The van der Waals surface area contributed by atoms with Gasteiger partial charge >= 0.3 is 0 Å². The Hall–Kier alpha value is -3.62. The first-order chi connectivity index (χ1) is 16.2. The zero-order chi connectivity index (χ0) is 24.8. The molecule has 0 aliphatic carbocycles. The average Bonchev–Trinajstić information content (AvgIpc) is 2.81. The highest BCUT2D eigenvalue weighted by Crippen LogP contribution is 2.29. The van der Waals surface area contributed by atoms with Crippen molar-refractivity contribution < 1.29 is 10.2 Å². The van der Waals surface area contributed by atoms with Crippen LogP contribution in [0.3, 0.4) is 0 Å². The topological polar surface area (TPSA) is 71.7 Å². The molecule has 3 rings (SSSR count). The molecule has 0 aliphatic heterocycles. The molecule has 0 atom stereocenters. The van der Waals surface area contributed by atoms with Crippen LogP contribution in [0.4, 0.5) is 11.4 Å². The number of aliphatic imine (C=N–C) groups is 2. The third kappa shape index (κ3) is 6.03. The van der Waals surface area contributed by atoms with E-state index in [1.807, 2.05) is 74.4 Å². The highest BCUT2D eigenvalue weighted by molar-refractivity contribution is 7.80. The number of thiocarbonyl (C=S) groups is 2. The standard InChI is InChI=1S/C26H26N4O2S2/c1-29(2)25(33)17-9-11-19(23(31)13-17)15-27-21-7-5-6-8-22(21)28-16-20-12-10-18(14-24(20)32)26(34)30(3)4/h5-16,31-32H,1-4H3. The van der Waals surface area contributed by atoms with E-state index in [-0.39, 0.29) is 11.5 Å². The number of para-hydroxylation sites is 2. The van der Waals surface area contributed by atoms with E-state index in [4.69, 9.17) is 24.4 Å². The summed E-state index contributed by atoms with van der Waals surface area (Å²) >= 11 is 10.7. The van der Waals surface area contributed by atoms with Gasteiger partial charge in [-0.05, 0) is 36.4 Å². The van der Waals surface area contributed by atoms with Crippen molar-refractivity contribution in [1.82, 2.24) is 9.80 Å². The predicted molar refractivity (Wildman–Crippen MR) is 148 cm³/mol. The van der Waals surface area contributed by atoms with Gasteiger partial charge in [-0.15, -0.1) is 0 Å². The van der Waals surface area contributed by atoms with Crippen LogP contribution in [0.2, 0.25) is 0 Å². The molecular formula is C26H26N4O2S2. The molecule has 6 nitrogen and oxygen atoms in total. The van der Waals surface area contributed by atoms with Crippen molar-refractivity contribution in [2.24, 2.45) is 9.98 Å². The first-order valence-electron chi connectivity index (χ1n) is 10.4. The Kier molecular flexibility index (Phi) is 8.09. The number of nitrogens with zero attached hydrogens (tertiary/aromatic N) is 4. The van der Waals surface area contributed by atoms with Gasteiger partial charge in [-0.25, -0.2) is 0 Å². The molecule has 34 heavy (non-hydrogen) atoms. The number of benzene rings is 3. The molecule has 8 heteroatoms. The molecule has 0 fully saturated rings. The maximum atomic E-state index is 10.4. The summed E-state index contributed by atoms with van der Waals surface area (Å²) in [7, 11) is 7.44. The van der Waals surface area contributed by atoms with Crippen LogP contribution in [0.25, 0.3) is 0 Å². The Morgan fingerprint density at radius 2 is 1.06 bits per heavy atom. The molecule has 3 aromatic rings. The maximum Gasteiger partial charge on any atom is 0.125 e. The van der Waals surface area contributed by atoms with Gasteiger partial charge in [0, 0.05) is 62.9 Å². The fraction of sp³-hybridized carbons (Fsp3) is 0.154. The smallest absolute Gasteiger partial charge is 0.125 e. The second-order valence-electron chi connectivity index (χ2n) is 7.95. The van der Waals surface area contributed by atoms with Gasteiger partial charge in [-0.3, -0.25) is 9.98 Å². The van der Waals surface area contributed by atoms with Crippen LogP contribution < -0.4 is 0 Å². The van der Waals surface area contributed by atoms with Crippen molar-refractivity contribution in [2.45, 2.75) is 0 Å². The van der Waals surface area contributed by atoms with E-state index in [9.17, 15) is 10.2 Å². The third-order valence-corrected chi connectivity index (χ3v) is 6.14. The Labute approximate surface area is 210 Å². The molecule has 0 radical (unpaired) electrons. The summed E-state index contributed by atoms with van der Waals surface area (Å²) in [6.45, 7) is 0. The van der Waals surface area contributed by atoms with Crippen LogP contribution in [0, 0.1) is 0 Å². The minimum absolute atomic E-state index is 0.0899. The van der Waals surface area contributed by atoms with Gasteiger partial charge in [0.25, 0.3) is 0 Å². The van der Waals surface area contributed by atoms with E-state index < -0.39 is 0 Å². The lowest BCUT2D eigenvalue weighted by Crippen LogP contribution is -2.20. The van der Waals surface area contributed by atoms with Crippen molar-refractivity contribution in [1.29, 1.82) is 0 Å². The summed E-state index contributed by atoms with van der Waals surface area (Å²) in [4.78, 5) is 13.9. The minimum Gasteiger partial charge on any atom is -0.507 e. The van der Waals surface area contributed by atoms with Crippen molar-refractivity contribution >= 4 is 58.2 Å². The van der Waals surface area contributed by atoms with Gasteiger partial charge in [0.1, 0.15) is 21.5 Å². The molecule has 0 unspecified atom stereocenters. The van der Waals surface area contributed by atoms with Crippen molar-refractivity contribution in [3.63, 3.8) is 0 Å².